The lowest BCUT2D eigenvalue weighted by Crippen LogP contribution is -2.02. The first-order valence-corrected chi connectivity index (χ1v) is 12.5. The maximum Gasteiger partial charge on any atom is 0.337 e. The third kappa shape index (κ3) is 5.63. The molecule has 1 atom stereocenters. The van der Waals surface area contributed by atoms with Crippen LogP contribution in [0.4, 0.5) is 0 Å². The van der Waals surface area contributed by atoms with Crippen LogP contribution in [-0.4, -0.2) is 24.9 Å². The topological polar surface area (TPSA) is 55.8 Å². The van der Waals surface area contributed by atoms with Gasteiger partial charge in [0.15, 0.2) is 5.75 Å². The van der Waals surface area contributed by atoms with E-state index in [1.165, 1.54) is 12.7 Å². The first-order chi connectivity index (χ1) is 14.4. The normalized spacial score (nSPS) is 11.1. The summed E-state index contributed by atoms with van der Waals surface area (Å²) in [5.41, 5.74) is 3.30. The van der Waals surface area contributed by atoms with Gasteiger partial charge in [-0.2, -0.15) is 0 Å². The van der Waals surface area contributed by atoms with Crippen molar-refractivity contribution in [1.82, 2.24) is 0 Å². The van der Waals surface area contributed by atoms with Crippen LogP contribution in [0.15, 0.2) is 63.5 Å². The Bertz CT molecular complexity index is 1050. The summed E-state index contributed by atoms with van der Waals surface area (Å²) in [7, 11) is 2.19. The number of carbonyl (C=O) groups is 1. The van der Waals surface area contributed by atoms with Crippen molar-refractivity contribution in [1.29, 1.82) is 0 Å². The number of hydrogen-bond acceptors (Lipinski definition) is 4. The Morgan fingerprint density at radius 2 is 1.77 bits per heavy atom. The minimum absolute atomic E-state index is 0.170. The Balaban J connectivity index is 1.85. The zero-order valence-corrected chi connectivity index (χ0v) is 20.7. The third-order valence-electron chi connectivity index (χ3n) is 4.45. The number of esters is 1. The summed E-state index contributed by atoms with van der Waals surface area (Å²) in [5.74, 6) is 1.07. The molecule has 0 heterocycles. The molecule has 3 aromatic carbocycles. The number of halogens is 2. The van der Waals surface area contributed by atoms with Gasteiger partial charge in [-0.25, -0.2) is 4.79 Å². The Labute approximate surface area is 194 Å². The molecule has 7 heteroatoms. The quantitative estimate of drug-likeness (QED) is 0.256. The second-order valence-electron chi connectivity index (χ2n) is 6.68. The van der Waals surface area contributed by atoms with Crippen LogP contribution in [0.3, 0.4) is 0 Å². The van der Waals surface area contributed by atoms with Crippen molar-refractivity contribution < 1.29 is 19.4 Å². The highest BCUT2D eigenvalue weighted by Crippen LogP contribution is 2.39. The molecule has 0 aromatic heterocycles. The monoisotopic (exact) mass is 550 g/mol. The Hall–Kier alpha value is -1.88. The van der Waals surface area contributed by atoms with Gasteiger partial charge in [-0.15, -0.1) is 8.58 Å². The third-order valence-corrected chi connectivity index (χ3v) is 6.39. The molecule has 1 unspecified atom stereocenters. The SMILES string of the molecule is COC(=O)c1cccc(Cc2cc(Oc3c(Br)cc(CPC)cc3Br)ccc2O)c1. The fraction of sp³-hybridized carbons (Fsp3) is 0.174. The van der Waals surface area contributed by atoms with E-state index in [2.05, 4.69) is 50.7 Å². The molecular formula is C23H21Br2O4P. The smallest absolute Gasteiger partial charge is 0.337 e. The van der Waals surface area contributed by atoms with E-state index in [0.717, 1.165) is 29.3 Å². The predicted octanol–water partition coefficient (Wildman–Crippen LogP) is 6.90. The van der Waals surface area contributed by atoms with Gasteiger partial charge in [-0.05, 0) is 98.3 Å². The number of carbonyl (C=O) groups excluding carboxylic acids is 1. The zero-order chi connectivity index (χ0) is 21.7. The van der Waals surface area contributed by atoms with Gasteiger partial charge in [0.25, 0.3) is 0 Å². The highest BCUT2D eigenvalue weighted by atomic mass is 79.9. The van der Waals surface area contributed by atoms with Crippen molar-refractivity contribution in [2.75, 3.05) is 13.8 Å². The molecule has 0 aliphatic rings. The molecule has 0 fully saturated rings. The molecule has 3 rings (SSSR count). The Morgan fingerprint density at radius 1 is 1.03 bits per heavy atom. The summed E-state index contributed by atoms with van der Waals surface area (Å²) in [5, 5.41) is 10.3. The molecule has 0 amide bonds. The summed E-state index contributed by atoms with van der Waals surface area (Å²) in [6.07, 6.45) is 1.47. The van der Waals surface area contributed by atoms with Crippen LogP contribution in [0.2, 0.25) is 0 Å². The van der Waals surface area contributed by atoms with Gasteiger partial charge in [0.1, 0.15) is 11.5 Å². The lowest BCUT2D eigenvalue weighted by molar-refractivity contribution is 0.0600. The van der Waals surface area contributed by atoms with Crippen LogP contribution in [0.25, 0.3) is 0 Å². The van der Waals surface area contributed by atoms with Gasteiger partial charge >= 0.3 is 5.97 Å². The molecule has 0 spiro atoms. The Kier molecular flexibility index (Phi) is 7.93. The maximum atomic E-state index is 11.8. The number of phenolic OH excluding ortho intramolecular Hbond substituents is 1. The van der Waals surface area contributed by atoms with Crippen LogP contribution in [0.5, 0.6) is 17.2 Å². The summed E-state index contributed by atoms with van der Waals surface area (Å²) in [4.78, 5) is 11.8. The van der Waals surface area contributed by atoms with Crippen LogP contribution in [0.1, 0.15) is 27.0 Å². The van der Waals surface area contributed by atoms with Crippen LogP contribution in [0, 0.1) is 0 Å². The van der Waals surface area contributed by atoms with E-state index >= 15 is 0 Å². The molecule has 0 aliphatic carbocycles. The van der Waals surface area contributed by atoms with E-state index in [0.29, 0.717) is 29.0 Å². The summed E-state index contributed by atoms with van der Waals surface area (Å²) in [6.45, 7) is 2.17. The standard InChI is InChI=1S/C23H21Br2O4P/c1-28-23(27)16-5-3-4-14(8-16)9-17-12-18(6-7-21(17)26)29-22-19(24)10-15(13-30-2)11-20(22)25/h3-8,10-12,26,30H,9,13H2,1-2H3. The maximum absolute atomic E-state index is 11.8. The molecule has 4 nitrogen and oxygen atoms in total. The number of aromatic hydroxyl groups is 1. The number of benzene rings is 3. The second kappa shape index (κ2) is 10.4. The Morgan fingerprint density at radius 3 is 2.43 bits per heavy atom. The van der Waals surface area contributed by atoms with E-state index in [9.17, 15) is 9.90 Å². The minimum atomic E-state index is -0.389. The molecule has 30 heavy (non-hydrogen) atoms. The summed E-state index contributed by atoms with van der Waals surface area (Å²) >= 11 is 7.19. The number of methoxy groups -OCH3 is 1. The lowest BCUT2D eigenvalue weighted by atomic mass is 10.0. The number of phenols is 1. The van der Waals surface area contributed by atoms with Gasteiger partial charge in [0, 0.05) is 12.0 Å². The van der Waals surface area contributed by atoms with Crippen molar-refractivity contribution >= 4 is 46.4 Å². The van der Waals surface area contributed by atoms with Gasteiger partial charge in [-0.3, -0.25) is 0 Å². The molecule has 0 aliphatic heterocycles. The summed E-state index contributed by atoms with van der Waals surface area (Å²) in [6, 6.07) is 16.4. The fourth-order valence-electron chi connectivity index (χ4n) is 3.05. The minimum Gasteiger partial charge on any atom is -0.508 e. The second-order valence-corrected chi connectivity index (χ2v) is 9.45. The zero-order valence-electron chi connectivity index (χ0n) is 16.5. The summed E-state index contributed by atoms with van der Waals surface area (Å²) < 4.78 is 12.6. The van der Waals surface area contributed by atoms with Gasteiger partial charge < -0.3 is 14.6 Å². The molecule has 0 saturated heterocycles. The molecule has 1 N–H and O–H groups in total. The number of ether oxygens (including phenoxy) is 2. The molecular weight excluding hydrogens is 531 g/mol. The van der Waals surface area contributed by atoms with Gasteiger partial charge in [0.2, 0.25) is 0 Å². The van der Waals surface area contributed by atoms with Crippen LogP contribution < -0.4 is 4.74 Å². The van der Waals surface area contributed by atoms with E-state index < -0.39 is 0 Å². The highest BCUT2D eigenvalue weighted by Gasteiger charge is 2.13. The van der Waals surface area contributed by atoms with E-state index in [-0.39, 0.29) is 11.7 Å². The first-order valence-electron chi connectivity index (χ1n) is 9.20. The van der Waals surface area contributed by atoms with Crippen molar-refractivity contribution in [2.45, 2.75) is 12.6 Å². The lowest BCUT2D eigenvalue weighted by Gasteiger charge is -2.14. The molecule has 0 bridgehead atoms. The predicted molar refractivity (Wildman–Crippen MR) is 129 cm³/mol. The van der Waals surface area contributed by atoms with Gasteiger partial charge in [0.05, 0.1) is 21.6 Å². The molecule has 0 radical (unpaired) electrons. The number of rotatable bonds is 7. The fourth-order valence-corrected chi connectivity index (χ4v) is 5.10. The highest BCUT2D eigenvalue weighted by molar-refractivity contribution is 9.11. The van der Waals surface area contributed by atoms with Crippen molar-refractivity contribution in [3.05, 3.63) is 85.8 Å². The largest absolute Gasteiger partial charge is 0.508 e. The van der Waals surface area contributed by atoms with Crippen molar-refractivity contribution in [2.24, 2.45) is 0 Å². The number of hydrogen-bond donors (Lipinski definition) is 1. The molecule has 3 aromatic rings. The first kappa shape index (κ1) is 22.8. The average molecular weight is 552 g/mol. The van der Waals surface area contributed by atoms with E-state index in [4.69, 9.17) is 9.47 Å². The average Bonchev–Trinajstić information content (AvgIpc) is 2.73. The molecule has 156 valence electrons. The van der Waals surface area contributed by atoms with Crippen LogP contribution >= 0.6 is 40.4 Å². The van der Waals surface area contributed by atoms with Gasteiger partial charge in [-0.1, -0.05) is 12.1 Å². The van der Waals surface area contributed by atoms with Crippen molar-refractivity contribution in [3.63, 3.8) is 0 Å². The molecule has 0 saturated carbocycles. The van der Waals surface area contributed by atoms with Crippen LogP contribution in [-0.2, 0) is 17.3 Å². The van der Waals surface area contributed by atoms with E-state index in [1.54, 1.807) is 36.4 Å². The van der Waals surface area contributed by atoms with E-state index in [1.807, 2.05) is 6.07 Å². The van der Waals surface area contributed by atoms with Crippen molar-refractivity contribution in [3.8, 4) is 17.2 Å².